The quantitative estimate of drug-likeness (QED) is 0.868. The van der Waals surface area contributed by atoms with E-state index in [1.54, 1.807) is 4.68 Å². The summed E-state index contributed by atoms with van der Waals surface area (Å²) in [5.74, 6) is 0.484. The molecule has 1 saturated carbocycles. The number of hydrogen-bond donors (Lipinski definition) is 1. The number of nitrogens with one attached hydrogen (secondary N) is 1. The zero-order valence-electron chi connectivity index (χ0n) is 10.8. The fourth-order valence-electron chi connectivity index (χ4n) is 2.63. The van der Waals surface area contributed by atoms with Crippen LogP contribution in [0.25, 0.3) is 0 Å². The lowest BCUT2D eigenvalue weighted by Crippen LogP contribution is -2.36. The van der Waals surface area contributed by atoms with Crippen LogP contribution < -0.4 is 5.32 Å². The summed E-state index contributed by atoms with van der Waals surface area (Å²) in [6.45, 7) is 2.02. The zero-order chi connectivity index (χ0) is 12.7. The molecule has 3 unspecified atom stereocenters. The van der Waals surface area contributed by atoms with E-state index in [0.29, 0.717) is 5.92 Å². The number of amides is 1. The Kier molecular flexibility index (Phi) is 2.86. The van der Waals surface area contributed by atoms with Crippen LogP contribution >= 0.6 is 0 Å². The summed E-state index contributed by atoms with van der Waals surface area (Å²) >= 11 is 0. The number of nitrogens with zero attached hydrogens (tertiary/aromatic N) is 2. The van der Waals surface area contributed by atoms with Gasteiger partial charge in [0.15, 0.2) is 0 Å². The maximum Gasteiger partial charge on any atom is 0.249 e. The molecule has 1 N–H and O–H groups in total. The van der Waals surface area contributed by atoms with Gasteiger partial charge in [-0.25, -0.2) is 0 Å². The molecule has 5 heteroatoms. The monoisotopic (exact) mass is 249 g/mol. The standard InChI is InChI=1S/C13H19N3O2/c1-8-3-4-12(18-8)13(17)15-11-5-10(11)9-6-14-16(2)7-9/h6-8,10-12H,3-5H2,1-2H3,(H,15,17)/t8?,10?,11-,12?/m1/s1. The summed E-state index contributed by atoms with van der Waals surface area (Å²) in [5, 5.41) is 7.23. The summed E-state index contributed by atoms with van der Waals surface area (Å²) in [6.07, 6.45) is 6.71. The molecule has 1 aliphatic carbocycles. The highest BCUT2D eigenvalue weighted by Gasteiger charge is 2.42. The maximum atomic E-state index is 12.0. The smallest absolute Gasteiger partial charge is 0.249 e. The molecule has 0 aromatic carbocycles. The van der Waals surface area contributed by atoms with E-state index in [9.17, 15) is 4.79 Å². The molecule has 0 spiro atoms. The summed E-state index contributed by atoms with van der Waals surface area (Å²) in [4.78, 5) is 12.0. The second-order valence-electron chi connectivity index (χ2n) is 5.42. The fraction of sp³-hybridized carbons (Fsp3) is 0.692. The van der Waals surface area contributed by atoms with Gasteiger partial charge in [0.1, 0.15) is 6.10 Å². The first kappa shape index (κ1) is 11.7. The molecule has 0 radical (unpaired) electrons. The summed E-state index contributed by atoms with van der Waals surface area (Å²) in [7, 11) is 1.91. The van der Waals surface area contributed by atoms with Crippen LogP contribution in [-0.2, 0) is 16.6 Å². The fourth-order valence-corrected chi connectivity index (χ4v) is 2.63. The van der Waals surface area contributed by atoms with Gasteiger partial charge in [-0.05, 0) is 31.7 Å². The molecular weight excluding hydrogens is 230 g/mol. The van der Waals surface area contributed by atoms with E-state index < -0.39 is 0 Å². The Labute approximate surface area is 107 Å². The summed E-state index contributed by atoms with van der Waals surface area (Å²) in [6, 6.07) is 0.265. The maximum absolute atomic E-state index is 12.0. The predicted molar refractivity (Wildman–Crippen MR) is 66.1 cm³/mol. The Morgan fingerprint density at radius 2 is 2.39 bits per heavy atom. The van der Waals surface area contributed by atoms with Crippen LogP contribution in [0.1, 0.15) is 37.7 Å². The lowest BCUT2D eigenvalue weighted by molar-refractivity contribution is -0.131. The second kappa shape index (κ2) is 4.39. The average molecular weight is 249 g/mol. The number of ether oxygens (including phenoxy) is 1. The number of aryl methyl sites for hydroxylation is 1. The Bertz CT molecular complexity index is 457. The summed E-state index contributed by atoms with van der Waals surface area (Å²) in [5.41, 5.74) is 1.21. The Hall–Kier alpha value is -1.36. The molecule has 2 heterocycles. The molecule has 1 aliphatic heterocycles. The first-order chi connectivity index (χ1) is 8.63. The van der Waals surface area contributed by atoms with E-state index in [1.165, 1.54) is 5.56 Å². The van der Waals surface area contributed by atoms with Crippen LogP contribution in [0.5, 0.6) is 0 Å². The molecule has 1 aromatic heterocycles. The second-order valence-corrected chi connectivity index (χ2v) is 5.42. The van der Waals surface area contributed by atoms with Crippen LogP contribution in [-0.4, -0.2) is 33.9 Å². The van der Waals surface area contributed by atoms with Gasteiger partial charge >= 0.3 is 0 Å². The van der Waals surface area contributed by atoms with Crippen molar-refractivity contribution in [3.8, 4) is 0 Å². The lowest BCUT2D eigenvalue weighted by Gasteiger charge is -2.11. The largest absolute Gasteiger partial charge is 0.365 e. The molecule has 4 atom stereocenters. The third-order valence-corrected chi connectivity index (χ3v) is 3.80. The van der Waals surface area contributed by atoms with Gasteiger partial charge in [0.25, 0.3) is 0 Å². The molecule has 3 rings (SSSR count). The third-order valence-electron chi connectivity index (χ3n) is 3.80. The van der Waals surface area contributed by atoms with E-state index >= 15 is 0 Å². The topological polar surface area (TPSA) is 56.2 Å². The van der Waals surface area contributed by atoms with Crippen molar-refractivity contribution >= 4 is 5.91 Å². The van der Waals surface area contributed by atoms with Crippen molar-refractivity contribution in [2.45, 2.75) is 50.4 Å². The number of aromatic nitrogens is 2. The van der Waals surface area contributed by atoms with Crippen LogP contribution in [0.2, 0.25) is 0 Å². The van der Waals surface area contributed by atoms with Crippen LogP contribution in [0.3, 0.4) is 0 Å². The number of rotatable bonds is 3. The Morgan fingerprint density at radius 1 is 1.56 bits per heavy atom. The van der Waals surface area contributed by atoms with Crippen molar-refractivity contribution in [3.05, 3.63) is 18.0 Å². The first-order valence-corrected chi connectivity index (χ1v) is 6.58. The van der Waals surface area contributed by atoms with Crippen molar-refractivity contribution in [2.75, 3.05) is 0 Å². The minimum absolute atomic E-state index is 0.0516. The molecule has 1 saturated heterocycles. The van der Waals surface area contributed by atoms with Crippen molar-refractivity contribution in [1.29, 1.82) is 0 Å². The van der Waals surface area contributed by atoms with E-state index in [-0.39, 0.29) is 24.2 Å². The van der Waals surface area contributed by atoms with Gasteiger partial charge in [-0.15, -0.1) is 0 Å². The zero-order valence-corrected chi connectivity index (χ0v) is 10.8. The van der Waals surface area contributed by atoms with Gasteiger partial charge in [-0.1, -0.05) is 0 Å². The normalized spacial score (nSPS) is 34.6. The minimum atomic E-state index is -0.241. The van der Waals surface area contributed by atoms with Crippen LogP contribution in [0.4, 0.5) is 0 Å². The number of carbonyl (C=O) groups is 1. The van der Waals surface area contributed by atoms with Gasteiger partial charge in [0.2, 0.25) is 5.91 Å². The molecule has 2 fully saturated rings. The first-order valence-electron chi connectivity index (χ1n) is 6.58. The molecule has 1 amide bonds. The highest BCUT2D eigenvalue weighted by Crippen LogP contribution is 2.40. The SMILES string of the molecule is CC1CCC(C(=O)N[C@@H]2CC2c2cnn(C)c2)O1. The number of carbonyl (C=O) groups excluding carboxylic acids is 1. The van der Waals surface area contributed by atoms with Gasteiger partial charge in [0.05, 0.1) is 12.3 Å². The molecule has 1 aromatic rings. The van der Waals surface area contributed by atoms with Crippen LogP contribution in [0, 0.1) is 0 Å². The Morgan fingerprint density at radius 3 is 3.00 bits per heavy atom. The molecular formula is C13H19N3O2. The highest BCUT2D eigenvalue weighted by atomic mass is 16.5. The van der Waals surface area contributed by atoms with Crippen molar-refractivity contribution in [3.63, 3.8) is 0 Å². The molecule has 2 aliphatic rings. The van der Waals surface area contributed by atoms with Crippen molar-refractivity contribution in [2.24, 2.45) is 7.05 Å². The van der Waals surface area contributed by atoms with Crippen molar-refractivity contribution < 1.29 is 9.53 Å². The van der Waals surface area contributed by atoms with E-state index in [2.05, 4.69) is 10.4 Å². The highest BCUT2D eigenvalue weighted by molar-refractivity contribution is 5.81. The molecule has 0 bridgehead atoms. The van der Waals surface area contributed by atoms with E-state index in [1.807, 2.05) is 26.4 Å². The van der Waals surface area contributed by atoms with Gasteiger partial charge in [-0.2, -0.15) is 5.10 Å². The Balaban J connectivity index is 1.52. The van der Waals surface area contributed by atoms with Gasteiger partial charge in [-0.3, -0.25) is 9.48 Å². The molecule has 98 valence electrons. The molecule has 5 nitrogen and oxygen atoms in total. The van der Waals surface area contributed by atoms with Gasteiger partial charge in [0, 0.05) is 25.2 Å². The predicted octanol–water partition coefficient (Wildman–Crippen LogP) is 0.960. The third kappa shape index (κ3) is 2.27. The number of hydrogen-bond acceptors (Lipinski definition) is 3. The lowest BCUT2D eigenvalue weighted by atomic mass is 10.2. The van der Waals surface area contributed by atoms with E-state index in [4.69, 9.17) is 4.74 Å². The van der Waals surface area contributed by atoms with Crippen molar-refractivity contribution in [1.82, 2.24) is 15.1 Å². The van der Waals surface area contributed by atoms with Gasteiger partial charge < -0.3 is 10.1 Å². The van der Waals surface area contributed by atoms with E-state index in [0.717, 1.165) is 19.3 Å². The minimum Gasteiger partial charge on any atom is -0.365 e. The molecule has 18 heavy (non-hydrogen) atoms. The summed E-state index contributed by atoms with van der Waals surface area (Å²) < 4.78 is 7.37. The van der Waals surface area contributed by atoms with Crippen LogP contribution in [0.15, 0.2) is 12.4 Å². The average Bonchev–Trinajstić information content (AvgIpc) is 2.72.